The minimum absolute atomic E-state index is 0.151. The number of nitrogens with zero attached hydrogens (tertiary/aromatic N) is 1. The van der Waals surface area contributed by atoms with Gasteiger partial charge < -0.3 is 0 Å². The van der Waals surface area contributed by atoms with Crippen molar-refractivity contribution in [2.24, 2.45) is 0 Å². The number of hydrogen-bond acceptors (Lipinski definition) is 3. The summed E-state index contributed by atoms with van der Waals surface area (Å²) in [5, 5.41) is 1.17. The summed E-state index contributed by atoms with van der Waals surface area (Å²) in [7, 11) is 0. The number of hydrogen-bond donors (Lipinski definition) is 0. The van der Waals surface area contributed by atoms with Gasteiger partial charge in [0, 0.05) is 22.1 Å². The standard InChI is InChI=1S/C23H17NO3/c1-3-5-20(25)16-12-13-19-21-17(16)6-4-7-18(21)22(26)24(23(19)27)15-10-8-14(2)9-11-15/h3-13H,1-2H3/b5-3-. The molecule has 3 aromatic carbocycles. The van der Waals surface area contributed by atoms with Crippen LogP contribution in [0.15, 0.2) is 66.7 Å². The van der Waals surface area contributed by atoms with E-state index in [9.17, 15) is 14.4 Å². The number of rotatable bonds is 3. The van der Waals surface area contributed by atoms with E-state index < -0.39 is 0 Å². The van der Waals surface area contributed by atoms with Crippen molar-refractivity contribution in [1.29, 1.82) is 0 Å². The zero-order valence-corrected chi connectivity index (χ0v) is 15.0. The largest absolute Gasteiger partial charge is 0.289 e. The number of imide groups is 1. The van der Waals surface area contributed by atoms with E-state index in [1.54, 1.807) is 55.5 Å². The molecule has 2 amide bonds. The first-order chi connectivity index (χ1) is 13.0. The Labute approximate surface area is 156 Å². The first-order valence-electron chi connectivity index (χ1n) is 8.71. The van der Waals surface area contributed by atoms with Crippen LogP contribution in [0.25, 0.3) is 10.8 Å². The van der Waals surface area contributed by atoms with Gasteiger partial charge in [0.15, 0.2) is 5.78 Å². The lowest BCUT2D eigenvalue weighted by Crippen LogP contribution is -2.40. The number of allylic oxidation sites excluding steroid dienone is 2. The number of carbonyl (C=O) groups is 3. The van der Waals surface area contributed by atoms with Gasteiger partial charge in [-0.1, -0.05) is 35.9 Å². The molecule has 0 atom stereocenters. The van der Waals surface area contributed by atoms with Gasteiger partial charge in [0.05, 0.1) is 5.69 Å². The summed E-state index contributed by atoms with van der Waals surface area (Å²) in [6, 6.07) is 15.8. The molecule has 0 radical (unpaired) electrons. The molecule has 0 unspecified atom stereocenters. The van der Waals surface area contributed by atoms with Crippen LogP contribution >= 0.6 is 0 Å². The minimum Gasteiger partial charge on any atom is -0.289 e. The Morgan fingerprint density at radius 3 is 2.22 bits per heavy atom. The number of benzene rings is 3. The first kappa shape index (κ1) is 16.9. The normalized spacial score (nSPS) is 13.6. The lowest BCUT2D eigenvalue weighted by molar-refractivity contribution is 0.0892. The molecule has 4 nitrogen and oxygen atoms in total. The Kier molecular flexibility index (Phi) is 3.96. The predicted molar refractivity (Wildman–Crippen MR) is 105 cm³/mol. The topological polar surface area (TPSA) is 54.5 Å². The first-order valence-corrected chi connectivity index (χ1v) is 8.71. The average molecular weight is 355 g/mol. The second-order valence-electron chi connectivity index (χ2n) is 6.53. The highest BCUT2D eigenvalue weighted by molar-refractivity contribution is 6.36. The van der Waals surface area contributed by atoms with Crippen LogP contribution in [0.5, 0.6) is 0 Å². The van der Waals surface area contributed by atoms with Gasteiger partial charge in [0.2, 0.25) is 0 Å². The van der Waals surface area contributed by atoms with E-state index in [4.69, 9.17) is 0 Å². The fraction of sp³-hybridized carbons (Fsp3) is 0.0870. The summed E-state index contributed by atoms with van der Waals surface area (Å²) in [6.45, 7) is 3.72. The van der Waals surface area contributed by atoms with E-state index in [1.165, 1.54) is 11.0 Å². The molecule has 132 valence electrons. The fourth-order valence-corrected chi connectivity index (χ4v) is 3.48. The molecule has 3 aromatic rings. The van der Waals surface area contributed by atoms with Gasteiger partial charge >= 0.3 is 0 Å². The van der Waals surface area contributed by atoms with Crippen molar-refractivity contribution in [2.45, 2.75) is 13.8 Å². The quantitative estimate of drug-likeness (QED) is 0.388. The van der Waals surface area contributed by atoms with E-state index in [-0.39, 0.29) is 17.6 Å². The zero-order valence-electron chi connectivity index (χ0n) is 15.0. The number of aryl methyl sites for hydroxylation is 1. The van der Waals surface area contributed by atoms with E-state index >= 15 is 0 Å². The summed E-state index contributed by atoms with van der Waals surface area (Å²) in [5.41, 5.74) is 2.92. The molecule has 0 spiro atoms. The summed E-state index contributed by atoms with van der Waals surface area (Å²) in [5.74, 6) is -0.905. The van der Waals surface area contributed by atoms with E-state index in [0.29, 0.717) is 33.2 Å². The molecule has 0 fully saturated rings. The maximum Gasteiger partial charge on any atom is 0.265 e. The van der Waals surface area contributed by atoms with Crippen LogP contribution < -0.4 is 4.90 Å². The molecule has 0 aliphatic carbocycles. The lowest BCUT2D eigenvalue weighted by atomic mass is 9.90. The number of amides is 2. The molecule has 0 N–H and O–H groups in total. The Morgan fingerprint density at radius 1 is 0.889 bits per heavy atom. The third-order valence-corrected chi connectivity index (χ3v) is 4.78. The Bertz CT molecular complexity index is 1120. The Hall–Kier alpha value is -3.53. The maximum absolute atomic E-state index is 13.1. The van der Waals surface area contributed by atoms with Crippen molar-refractivity contribution in [3.63, 3.8) is 0 Å². The van der Waals surface area contributed by atoms with Gasteiger partial charge in [0.1, 0.15) is 0 Å². The van der Waals surface area contributed by atoms with Crippen molar-refractivity contribution in [2.75, 3.05) is 4.90 Å². The molecule has 0 saturated carbocycles. The second-order valence-corrected chi connectivity index (χ2v) is 6.53. The van der Waals surface area contributed by atoms with Crippen LogP contribution in [0.1, 0.15) is 43.6 Å². The summed E-state index contributed by atoms with van der Waals surface area (Å²) >= 11 is 0. The van der Waals surface area contributed by atoms with Crippen molar-refractivity contribution in [3.05, 3.63) is 89.0 Å². The summed E-state index contributed by atoms with van der Waals surface area (Å²) in [4.78, 5) is 39.8. The van der Waals surface area contributed by atoms with E-state index in [2.05, 4.69) is 0 Å². The van der Waals surface area contributed by atoms with Crippen molar-refractivity contribution < 1.29 is 14.4 Å². The highest BCUT2D eigenvalue weighted by atomic mass is 16.2. The van der Waals surface area contributed by atoms with Crippen LogP contribution in [0, 0.1) is 6.92 Å². The van der Waals surface area contributed by atoms with Gasteiger partial charge in [-0.05, 0) is 55.6 Å². The number of carbonyl (C=O) groups excluding carboxylic acids is 3. The highest BCUT2D eigenvalue weighted by Crippen LogP contribution is 2.34. The van der Waals surface area contributed by atoms with Crippen LogP contribution in [0.4, 0.5) is 5.69 Å². The van der Waals surface area contributed by atoms with Gasteiger partial charge in [-0.2, -0.15) is 0 Å². The average Bonchev–Trinajstić information content (AvgIpc) is 2.67. The molecular weight excluding hydrogens is 338 g/mol. The minimum atomic E-state index is -0.377. The van der Waals surface area contributed by atoms with Crippen molar-refractivity contribution in [1.82, 2.24) is 0 Å². The number of anilines is 1. The Balaban J connectivity index is 1.95. The smallest absolute Gasteiger partial charge is 0.265 e. The summed E-state index contributed by atoms with van der Waals surface area (Å²) in [6.07, 6.45) is 3.16. The van der Waals surface area contributed by atoms with E-state index in [1.807, 2.05) is 19.1 Å². The monoisotopic (exact) mass is 355 g/mol. The third kappa shape index (κ3) is 2.57. The number of ketones is 1. The zero-order chi connectivity index (χ0) is 19.1. The van der Waals surface area contributed by atoms with Gasteiger partial charge in [0.25, 0.3) is 11.8 Å². The van der Waals surface area contributed by atoms with Gasteiger partial charge in [-0.15, -0.1) is 0 Å². The van der Waals surface area contributed by atoms with E-state index in [0.717, 1.165) is 5.56 Å². The molecular formula is C23H17NO3. The SMILES string of the molecule is C/C=C\C(=O)c1ccc2c3c(cccc13)C(=O)N(c1ccc(C)cc1)C2=O. The molecule has 1 aliphatic rings. The molecule has 1 aliphatic heterocycles. The summed E-state index contributed by atoms with van der Waals surface area (Å²) < 4.78 is 0. The van der Waals surface area contributed by atoms with Crippen LogP contribution in [-0.4, -0.2) is 17.6 Å². The van der Waals surface area contributed by atoms with Crippen LogP contribution in [-0.2, 0) is 0 Å². The maximum atomic E-state index is 13.1. The van der Waals surface area contributed by atoms with Crippen molar-refractivity contribution in [3.8, 4) is 0 Å². The van der Waals surface area contributed by atoms with Crippen LogP contribution in [0.2, 0.25) is 0 Å². The van der Waals surface area contributed by atoms with Gasteiger partial charge in [-0.3, -0.25) is 14.4 Å². The van der Waals surface area contributed by atoms with Crippen LogP contribution in [0.3, 0.4) is 0 Å². The molecule has 4 rings (SSSR count). The second kappa shape index (κ2) is 6.32. The molecule has 1 heterocycles. The predicted octanol–water partition coefficient (Wildman–Crippen LogP) is 4.71. The van der Waals surface area contributed by atoms with Gasteiger partial charge in [-0.25, -0.2) is 4.90 Å². The molecule has 4 heteroatoms. The molecule has 0 bridgehead atoms. The fourth-order valence-electron chi connectivity index (χ4n) is 3.48. The molecule has 0 aromatic heterocycles. The third-order valence-electron chi connectivity index (χ3n) is 4.78. The van der Waals surface area contributed by atoms with Crippen molar-refractivity contribution >= 4 is 34.1 Å². The molecule has 0 saturated heterocycles. The molecule has 27 heavy (non-hydrogen) atoms. The highest BCUT2D eigenvalue weighted by Gasteiger charge is 2.34. The Morgan fingerprint density at radius 2 is 1.56 bits per heavy atom. The lowest BCUT2D eigenvalue weighted by Gasteiger charge is -2.27.